The average molecular weight is 347 g/mol. The van der Waals surface area contributed by atoms with Gasteiger partial charge in [-0.1, -0.05) is 12.1 Å². The van der Waals surface area contributed by atoms with Gasteiger partial charge in [-0.2, -0.15) is 0 Å². The van der Waals surface area contributed by atoms with E-state index in [1.165, 1.54) is 0 Å². The molecule has 0 saturated carbocycles. The van der Waals surface area contributed by atoms with E-state index in [-0.39, 0.29) is 11.9 Å². The molecule has 1 amide bonds. The van der Waals surface area contributed by atoms with Gasteiger partial charge in [-0.25, -0.2) is 9.97 Å². The molecule has 0 unspecified atom stereocenters. The van der Waals surface area contributed by atoms with Crippen LogP contribution in [-0.4, -0.2) is 40.0 Å². The molecular weight excluding hydrogens is 326 g/mol. The van der Waals surface area contributed by atoms with Gasteiger partial charge in [0.05, 0.1) is 16.7 Å². The number of amides is 1. The fourth-order valence-electron chi connectivity index (χ4n) is 3.39. The van der Waals surface area contributed by atoms with Crippen molar-refractivity contribution in [3.63, 3.8) is 0 Å². The van der Waals surface area contributed by atoms with Crippen LogP contribution in [0.2, 0.25) is 0 Å². The molecule has 3 aromatic rings. The van der Waals surface area contributed by atoms with Crippen molar-refractivity contribution in [3.05, 3.63) is 60.0 Å². The molecule has 1 N–H and O–H groups in total. The molecule has 1 saturated heterocycles. The van der Waals surface area contributed by atoms with Gasteiger partial charge in [-0.05, 0) is 44.0 Å². The fraction of sp³-hybridized carbons (Fsp3) is 0.300. The Labute approximate surface area is 152 Å². The molecule has 2 aromatic heterocycles. The van der Waals surface area contributed by atoms with Crippen LogP contribution in [0.5, 0.6) is 0 Å². The first-order valence-corrected chi connectivity index (χ1v) is 8.90. The minimum absolute atomic E-state index is 0.0347. The van der Waals surface area contributed by atoms with Crippen molar-refractivity contribution in [1.29, 1.82) is 0 Å². The number of aryl methyl sites for hydroxylation is 1. The van der Waals surface area contributed by atoms with Crippen molar-refractivity contribution in [2.24, 2.45) is 0 Å². The number of nitrogens with zero attached hydrogens (tertiary/aromatic N) is 4. The minimum Gasteiger partial charge on any atom is -0.355 e. The number of piperidine rings is 1. The Hall–Kier alpha value is -3.02. The van der Waals surface area contributed by atoms with Crippen molar-refractivity contribution in [3.8, 4) is 0 Å². The summed E-state index contributed by atoms with van der Waals surface area (Å²) in [7, 11) is 0. The number of aromatic nitrogens is 3. The van der Waals surface area contributed by atoms with Crippen LogP contribution in [0.3, 0.4) is 0 Å². The number of nitrogens with one attached hydrogen (secondary N) is 1. The van der Waals surface area contributed by atoms with Crippen molar-refractivity contribution in [2.45, 2.75) is 25.8 Å². The summed E-state index contributed by atoms with van der Waals surface area (Å²) in [5, 5.41) is 3.12. The number of rotatable bonds is 3. The first kappa shape index (κ1) is 16.4. The van der Waals surface area contributed by atoms with E-state index in [4.69, 9.17) is 4.98 Å². The lowest BCUT2D eigenvalue weighted by Gasteiger charge is -2.33. The number of hydrogen-bond acceptors (Lipinski definition) is 5. The molecule has 6 nitrogen and oxygen atoms in total. The monoisotopic (exact) mass is 347 g/mol. The van der Waals surface area contributed by atoms with Crippen LogP contribution in [0.25, 0.3) is 11.0 Å². The van der Waals surface area contributed by atoms with Gasteiger partial charge in [0, 0.05) is 37.1 Å². The predicted molar refractivity (Wildman–Crippen MR) is 101 cm³/mol. The van der Waals surface area contributed by atoms with Gasteiger partial charge in [0.2, 0.25) is 0 Å². The average Bonchev–Trinajstić information content (AvgIpc) is 2.69. The van der Waals surface area contributed by atoms with E-state index in [1.54, 1.807) is 24.5 Å². The van der Waals surface area contributed by atoms with Crippen molar-refractivity contribution in [2.75, 3.05) is 18.0 Å². The Morgan fingerprint density at radius 3 is 2.38 bits per heavy atom. The van der Waals surface area contributed by atoms with Crippen LogP contribution in [0.15, 0.2) is 48.8 Å². The third-order valence-corrected chi connectivity index (χ3v) is 4.79. The molecule has 0 atom stereocenters. The lowest BCUT2D eigenvalue weighted by molar-refractivity contribution is 0.0931. The Morgan fingerprint density at radius 2 is 1.69 bits per heavy atom. The molecule has 0 bridgehead atoms. The highest BCUT2D eigenvalue weighted by molar-refractivity contribution is 5.94. The van der Waals surface area contributed by atoms with E-state index in [2.05, 4.69) is 20.2 Å². The zero-order valence-corrected chi connectivity index (χ0v) is 14.7. The summed E-state index contributed by atoms with van der Waals surface area (Å²) < 4.78 is 0. The van der Waals surface area contributed by atoms with Gasteiger partial charge in [0.25, 0.3) is 5.91 Å². The zero-order chi connectivity index (χ0) is 17.9. The minimum atomic E-state index is -0.0347. The predicted octanol–water partition coefficient (Wildman–Crippen LogP) is 2.73. The fourth-order valence-corrected chi connectivity index (χ4v) is 3.39. The topological polar surface area (TPSA) is 71.0 Å². The summed E-state index contributed by atoms with van der Waals surface area (Å²) in [6, 6.07) is 11.6. The molecule has 132 valence electrons. The molecular formula is C20H21N5O. The van der Waals surface area contributed by atoms with Crippen molar-refractivity contribution in [1.82, 2.24) is 20.3 Å². The molecule has 6 heteroatoms. The number of para-hydroxylation sites is 2. The third kappa shape index (κ3) is 3.35. The standard InChI is InChI=1S/C20H21N5O/c1-14-19(24-18-5-3-2-4-17(18)22-14)25-12-8-16(9-13-25)23-20(26)15-6-10-21-11-7-15/h2-7,10-11,16H,8-9,12-13H2,1H3,(H,23,26). The maximum absolute atomic E-state index is 12.3. The summed E-state index contributed by atoms with van der Waals surface area (Å²) in [6.45, 7) is 3.72. The highest BCUT2D eigenvalue weighted by atomic mass is 16.1. The van der Waals surface area contributed by atoms with Gasteiger partial charge in [0.15, 0.2) is 5.82 Å². The molecule has 0 radical (unpaired) electrons. The van der Waals surface area contributed by atoms with Gasteiger partial charge in [-0.15, -0.1) is 0 Å². The zero-order valence-electron chi connectivity index (χ0n) is 14.7. The van der Waals surface area contributed by atoms with Crippen LogP contribution >= 0.6 is 0 Å². The summed E-state index contributed by atoms with van der Waals surface area (Å²) in [5.41, 5.74) is 3.44. The second-order valence-corrected chi connectivity index (χ2v) is 6.59. The van der Waals surface area contributed by atoms with Crippen LogP contribution in [-0.2, 0) is 0 Å². The first-order valence-electron chi connectivity index (χ1n) is 8.90. The SMILES string of the molecule is Cc1nc2ccccc2nc1N1CCC(NC(=O)c2ccncc2)CC1. The Bertz CT molecular complexity index is 920. The van der Waals surface area contributed by atoms with Crippen molar-refractivity contribution >= 4 is 22.8 Å². The van der Waals surface area contributed by atoms with E-state index < -0.39 is 0 Å². The smallest absolute Gasteiger partial charge is 0.251 e. The number of pyridine rings is 1. The number of carbonyl (C=O) groups excluding carboxylic acids is 1. The molecule has 0 aliphatic carbocycles. The number of carbonyl (C=O) groups is 1. The van der Waals surface area contributed by atoms with Crippen LogP contribution in [0.1, 0.15) is 28.9 Å². The maximum Gasteiger partial charge on any atom is 0.251 e. The molecule has 3 heterocycles. The molecule has 0 spiro atoms. The van der Waals surface area contributed by atoms with Crippen LogP contribution in [0.4, 0.5) is 5.82 Å². The molecule has 4 rings (SSSR count). The van der Waals surface area contributed by atoms with Crippen molar-refractivity contribution < 1.29 is 4.79 Å². The molecule has 1 aromatic carbocycles. The highest BCUT2D eigenvalue weighted by Gasteiger charge is 2.23. The van der Waals surface area contributed by atoms with Gasteiger partial charge < -0.3 is 10.2 Å². The first-order chi connectivity index (χ1) is 12.7. The van der Waals surface area contributed by atoms with Crippen LogP contribution < -0.4 is 10.2 Å². The van der Waals surface area contributed by atoms with E-state index in [9.17, 15) is 4.79 Å². The van der Waals surface area contributed by atoms with E-state index in [0.29, 0.717) is 5.56 Å². The number of hydrogen-bond donors (Lipinski definition) is 1. The summed E-state index contributed by atoms with van der Waals surface area (Å²) in [4.78, 5) is 28.0. The second kappa shape index (κ2) is 7.07. The molecule has 1 fully saturated rings. The lowest BCUT2D eigenvalue weighted by Crippen LogP contribution is -2.45. The van der Waals surface area contributed by atoms with E-state index in [1.807, 2.05) is 31.2 Å². The Kier molecular flexibility index (Phi) is 4.48. The summed E-state index contributed by atoms with van der Waals surface area (Å²) in [6.07, 6.45) is 5.06. The number of benzene rings is 1. The van der Waals surface area contributed by atoms with Gasteiger partial charge in [-0.3, -0.25) is 9.78 Å². The Balaban J connectivity index is 1.42. The lowest BCUT2D eigenvalue weighted by atomic mass is 10.0. The highest BCUT2D eigenvalue weighted by Crippen LogP contribution is 2.23. The second-order valence-electron chi connectivity index (χ2n) is 6.59. The summed E-state index contributed by atoms with van der Waals surface area (Å²) in [5.74, 6) is 0.912. The molecule has 1 aliphatic rings. The Morgan fingerprint density at radius 1 is 1.04 bits per heavy atom. The molecule has 26 heavy (non-hydrogen) atoms. The van der Waals surface area contributed by atoms with E-state index in [0.717, 1.165) is 48.5 Å². The van der Waals surface area contributed by atoms with E-state index >= 15 is 0 Å². The number of fused-ring (bicyclic) bond motifs is 1. The van der Waals surface area contributed by atoms with Crippen LogP contribution in [0, 0.1) is 6.92 Å². The normalized spacial score (nSPS) is 15.2. The largest absolute Gasteiger partial charge is 0.355 e. The number of anilines is 1. The summed E-state index contributed by atoms with van der Waals surface area (Å²) >= 11 is 0. The van der Waals surface area contributed by atoms with Gasteiger partial charge in [0.1, 0.15) is 0 Å². The molecule has 1 aliphatic heterocycles. The quantitative estimate of drug-likeness (QED) is 0.789. The third-order valence-electron chi connectivity index (χ3n) is 4.79. The maximum atomic E-state index is 12.3. The van der Waals surface area contributed by atoms with Gasteiger partial charge >= 0.3 is 0 Å².